The summed E-state index contributed by atoms with van der Waals surface area (Å²) >= 11 is 0. The second-order valence-electron chi connectivity index (χ2n) is 9.13. The lowest BCUT2D eigenvalue weighted by Gasteiger charge is -2.25. The van der Waals surface area contributed by atoms with Crippen molar-refractivity contribution in [2.45, 2.75) is 65.1 Å². The third-order valence-corrected chi connectivity index (χ3v) is 4.68. The van der Waals surface area contributed by atoms with E-state index >= 15 is 0 Å². The first-order chi connectivity index (χ1) is 14.5. The molecule has 0 aromatic heterocycles. The van der Waals surface area contributed by atoms with E-state index in [1.54, 1.807) is 20.8 Å². The summed E-state index contributed by atoms with van der Waals surface area (Å²) in [5, 5.41) is 7.38. The molecule has 7 nitrogen and oxygen atoms in total. The van der Waals surface area contributed by atoms with E-state index in [9.17, 15) is 14.4 Å². The lowest BCUT2D eigenvalue weighted by molar-refractivity contribution is -0.128. The number of carbonyl (C=O) groups is 3. The lowest BCUT2D eigenvalue weighted by Crippen LogP contribution is -2.54. The van der Waals surface area contributed by atoms with Crippen molar-refractivity contribution in [1.29, 1.82) is 0 Å². The highest BCUT2D eigenvalue weighted by Gasteiger charge is 2.28. The maximum atomic E-state index is 13.1. The molecule has 0 spiro atoms. The SMILES string of the molecule is CC(C)C[C@H](NC(=O)C(Cc1cccc2ccccc12)NC(=O)OC(C)(C)C)C(N)=O. The third-order valence-electron chi connectivity index (χ3n) is 4.68. The van der Waals surface area contributed by atoms with E-state index in [0.29, 0.717) is 6.42 Å². The summed E-state index contributed by atoms with van der Waals surface area (Å²) in [5.74, 6) is -0.931. The smallest absolute Gasteiger partial charge is 0.408 e. The van der Waals surface area contributed by atoms with Crippen molar-refractivity contribution in [3.05, 3.63) is 48.0 Å². The van der Waals surface area contributed by atoms with E-state index in [2.05, 4.69) is 10.6 Å². The number of hydrogen-bond acceptors (Lipinski definition) is 4. The van der Waals surface area contributed by atoms with Gasteiger partial charge in [-0.2, -0.15) is 0 Å². The fourth-order valence-electron chi connectivity index (χ4n) is 3.34. The van der Waals surface area contributed by atoms with Crippen LogP contribution in [0, 0.1) is 5.92 Å². The molecule has 7 heteroatoms. The third kappa shape index (κ3) is 7.59. The van der Waals surface area contributed by atoms with Gasteiger partial charge < -0.3 is 21.1 Å². The first-order valence-electron chi connectivity index (χ1n) is 10.5. The zero-order valence-corrected chi connectivity index (χ0v) is 18.9. The minimum Gasteiger partial charge on any atom is -0.444 e. The molecule has 2 atom stereocenters. The number of hydrogen-bond donors (Lipinski definition) is 3. The highest BCUT2D eigenvalue weighted by Crippen LogP contribution is 2.20. The van der Waals surface area contributed by atoms with E-state index in [0.717, 1.165) is 16.3 Å². The number of benzene rings is 2. The second-order valence-corrected chi connectivity index (χ2v) is 9.13. The molecule has 31 heavy (non-hydrogen) atoms. The predicted molar refractivity (Wildman–Crippen MR) is 121 cm³/mol. The molecule has 0 bridgehead atoms. The fourth-order valence-corrected chi connectivity index (χ4v) is 3.34. The number of primary amides is 1. The molecule has 168 valence electrons. The van der Waals surface area contributed by atoms with Crippen molar-refractivity contribution in [2.24, 2.45) is 11.7 Å². The molecule has 0 saturated carbocycles. The highest BCUT2D eigenvalue weighted by molar-refractivity contribution is 5.92. The number of fused-ring (bicyclic) bond motifs is 1. The molecule has 0 heterocycles. The summed E-state index contributed by atoms with van der Waals surface area (Å²) in [5.41, 5.74) is 5.67. The molecule has 2 rings (SSSR count). The number of rotatable bonds is 8. The van der Waals surface area contributed by atoms with E-state index in [1.165, 1.54) is 0 Å². The van der Waals surface area contributed by atoms with E-state index in [4.69, 9.17) is 10.5 Å². The van der Waals surface area contributed by atoms with Gasteiger partial charge in [0, 0.05) is 6.42 Å². The summed E-state index contributed by atoms with van der Waals surface area (Å²) in [4.78, 5) is 37.3. The lowest BCUT2D eigenvalue weighted by atomic mass is 9.97. The molecule has 0 aliphatic rings. The molecule has 1 unspecified atom stereocenters. The van der Waals surface area contributed by atoms with Crippen LogP contribution in [0.5, 0.6) is 0 Å². The van der Waals surface area contributed by atoms with Crippen LogP contribution in [-0.4, -0.2) is 35.6 Å². The number of nitrogens with two attached hydrogens (primary N) is 1. The molecule has 4 N–H and O–H groups in total. The van der Waals surface area contributed by atoms with Crippen molar-refractivity contribution in [2.75, 3.05) is 0 Å². The van der Waals surface area contributed by atoms with Gasteiger partial charge in [-0.25, -0.2) is 4.79 Å². The van der Waals surface area contributed by atoms with Crippen molar-refractivity contribution in [3.8, 4) is 0 Å². The van der Waals surface area contributed by atoms with Gasteiger partial charge in [-0.15, -0.1) is 0 Å². The van der Waals surface area contributed by atoms with Gasteiger partial charge in [0.15, 0.2) is 0 Å². The van der Waals surface area contributed by atoms with Crippen LogP contribution in [0.15, 0.2) is 42.5 Å². The Morgan fingerprint density at radius 3 is 2.23 bits per heavy atom. The van der Waals surface area contributed by atoms with Crippen LogP contribution in [0.4, 0.5) is 4.79 Å². The Bertz CT molecular complexity index is 929. The Hall–Kier alpha value is -3.09. The number of ether oxygens (including phenoxy) is 1. The molecule has 3 amide bonds. The average Bonchev–Trinajstić information content (AvgIpc) is 2.65. The highest BCUT2D eigenvalue weighted by atomic mass is 16.6. The van der Waals surface area contributed by atoms with E-state index in [1.807, 2.05) is 56.3 Å². The van der Waals surface area contributed by atoms with Crippen LogP contribution >= 0.6 is 0 Å². The van der Waals surface area contributed by atoms with Crippen molar-refractivity contribution in [1.82, 2.24) is 10.6 Å². The van der Waals surface area contributed by atoms with Gasteiger partial charge in [0.25, 0.3) is 0 Å². The normalized spacial score (nSPS) is 13.5. The zero-order chi connectivity index (χ0) is 23.2. The molecule has 0 fully saturated rings. The summed E-state index contributed by atoms with van der Waals surface area (Å²) < 4.78 is 5.34. The first-order valence-corrected chi connectivity index (χ1v) is 10.5. The van der Waals surface area contributed by atoms with Crippen LogP contribution in [0.1, 0.15) is 46.6 Å². The van der Waals surface area contributed by atoms with Crippen LogP contribution in [0.25, 0.3) is 10.8 Å². The average molecular weight is 428 g/mol. The monoisotopic (exact) mass is 427 g/mol. The van der Waals surface area contributed by atoms with E-state index in [-0.39, 0.29) is 12.3 Å². The number of amides is 3. The fraction of sp³-hybridized carbons (Fsp3) is 0.458. The summed E-state index contributed by atoms with van der Waals surface area (Å²) in [7, 11) is 0. The number of alkyl carbamates (subject to hydrolysis) is 1. The van der Waals surface area contributed by atoms with Gasteiger partial charge in [0.05, 0.1) is 0 Å². The molecule has 0 aliphatic carbocycles. The molecular formula is C24H33N3O4. The Labute approximate surface area is 183 Å². The maximum absolute atomic E-state index is 13.1. The topological polar surface area (TPSA) is 111 Å². The second kappa shape index (κ2) is 10.3. The van der Waals surface area contributed by atoms with Crippen LogP contribution in [-0.2, 0) is 20.7 Å². The Balaban J connectivity index is 2.29. The summed E-state index contributed by atoms with van der Waals surface area (Å²) in [6.07, 6.45) is -0.0546. The molecular weight excluding hydrogens is 394 g/mol. The van der Waals surface area contributed by atoms with Crippen molar-refractivity contribution >= 4 is 28.7 Å². The minimum atomic E-state index is -0.935. The molecule has 2 aromatic carbocycles. The maximum Gasteiger partial charge on any atom is 0.408 e. The van der Waals surface area contributed by atoms with Crippen LogP contribution < -0.4 is 16.4 Å². The number of carbonyl (C=O) groups excluding carboxylic acids is 3. The van der Waals surface area contributed by atoms with Gasteiger partial charge in [-0.3, -0.25) is 9.59 Å². The standard InChI is InChI=1S/C24H33N3O4/c1-15(2)13-19(21(25)28)26-22(29)20(27-23(30)31-24(3,4)5)14-17-11-8-10-16-9-6-7-12-18(16)17/h6-12,15,19-20H,13-14H2,1-5H3,(H2,25,28)(H,26,29)(H,27,30)/t19-,20?/m0/s1. The summed E-state index contributed by atoms with van der Waals surface area (Å²) in [6, 6.07) is 11.9. The van der Waals surface area contributed by atoms with Gasteiger partial charge >= 0.3 is 6.09 Å². The largest absolute Gasteiger partial charge is 0.444 e. The van der Waals surface area contributed by atoms with Gasteiger partial charge in [-0.1, -0.05) is 56.3 Å². The number of nitrogens with one attached hydrogen (secondary N) is 2. The molecule has 2 aromatic rings. The molecule has 0 radical (unpaired) electrons. The van der Waals surface area contributed by atoms with Crippen LogP contribution in [0.3, 0.4) is 0 Å². The first kappa shape index (κ1) is 24.2. The summed E-state index contributed by atoms with van der Waals surface area (Å²) in [6.45, 7) is 9.12. The molecule has 0 saturated heterocycles. The zero-order valence-electron chi connectivity index (χ0n) is 18.9. The Kier molecular flexibility index (Phi) is 8.02. The minimum absolute atomic E-state index is 0.160. The predicted octanol–water partition coefficient (Wildman–Crippen LogP) is 3.29. The van der Waals surface area contributed by atoms with Crippen molar-refractivity contribution in [3.63, 3.8) is 0 Å². The van der Waals surface area contributed by atoms with Gasteiger partial charge in [0.1, 0.15) is 17.7 Å². The van der Waals surface area contributed by atoms with E-state index < -0.39 is 35.6 Å². The van der Waals surface area contributed by atoms with Gasteiger partial charge in [0.2, 0.25) is 11.8 Å². The molecule has 0 aliphatic heterocycles. The Morgan fingerprint density at radius 1 is 0.968 bits per heavy atom. The quantitative estimate of drug-likeness (QED) is 0.600. The Morgan fingerprint density at radius 2 is 1.61 bits per heavy atom. The van der Waals surface area contributed by atoms with Gasteiger partial charge in [-0.05, 0) is 49.4 Å². The van der Waals surface area contributed by atoms with Crippen LogP contribution in [0.2, 0.25) is 0 Å². The van der Waals surface area contributed by atoms with Crippen molar-refractivity contribution < 1.29 is 19.1 Å².